The maximum atomic E-state index is 14.6. The first-order valence-corrected chi connectivity index (χ1v) is 26.1. The number of primary amides is 1. The van der Waals surface area contributed by atoms with Gasteiger partial charge in [0.1, 0.15) is 60.3 Å². The zero-order valence-electron chi connectivity index (χ0n) is 45.8. The van der Waals surface area contributed by atoms with Crippen molar-refractivity contribution in [3.63, 3.8) is 0 Å². The third kappa shape index (κ3) is 17.5. The molecule has 3 fully saturated rings. The Hall–Kier alpha value is -5.54. The van der Waals surface area contributed by atoms with Crippen molar-refractivity contribution >= 4 is 47.3 Å². The van der Waals surface area contributed by atoms with E-state index in [1.54, 1.807) is 0 Å². The Kier molecular flexibility index (Phi) is 23.0. The maximum Gasteiger partial charge on any atom is 0.248 e. The highest BCUT2D eigenvalue weighted by atomic mass is 16.3. The number of hydrogen-bond donors (Lipinski definition) is 15. The molecule has 3 aliphatic heterocycles. The summed E-state index contributed by atoms with van der Waals surface area (Å²) in [6.07, 6.45) is -12.7. The molecule has 8 amide bonds. The van der Waals surface area contributed by atoms with E-state index in [-0.39, 0.29) is 17.7 Å². The average molecular weight is 1080 g/mol. The molecule has 0 spiro atoms. The lowest BCUT2D eigenvalue weighted by Gasteiger charge is -2.34. The lowest BCUT2D eigenvalue weighted by atomic mass is 9.91. The number of aliphatic hydroxyl groups excluding tert-OH is 7. The normalized spacial score (nSPS) is 32.1. The molecule has 3 heterocycles. The number of rotatable bonds is 20. The number of hydrogen-bond acceptors (Lipinski definition) is 17. The third-order valence-electron chi connectivity index (χ3n) is 14.3. The summed E-state index contributed by atoms with van der Waals surface area (Å²) in [5.41, 5.74) is 5.17. The van der Waals surface area contributed by atoms with Crippen molar-refractivity contribution < 1.29 is 87.1 Å². The molecule has 0 bridgehead atoms. The monoisotopic (exact) mass is 1080 g/mol. The molecule has 7 unspecified atom stereocenters. The van der Waals surface area contributed by atoms with Gasteiger partial charge in [-0.2, -0.15) is 0 Å². The highest BCUT2D eigenvalue weighted by Gasteiger charge is 2.50. The molecule has 76 heavy (non-hydrogen) atoms. The molecule has 25 nitrogen and oxygen atoms in total. The van der Waals surface area contributed by atoms with E-state index < -0.39 is 171 Å². The largest absolute Gasteiger partial charge is 0.508 e. The summed E-state index contributed by atoms with van der Waals surface area (Å²) in [4.78, 5) is 113. The van der Waals surface area contributed by atoms with Gasteiger partial charge in [0.05, 0.1) is 32.2 Å². The topological polar surface area (TPSA) is 411 Å². The van der Waals surface area contributed by atoms with Crippen molar-refractivity contribution in [2.75, 3.05) is 13.1 Å². The van der Waals surface area contributed by atoms with Crippen LogP contribution in [0.4, 0.5) is 0 Å². The smallest absolute Gasteiger partial charge is 0.248 e. The van der Waals surface area contributed by atoms with Crippen LogP contribution in [0.5, 0.6) is 5.75 Å². The second kappa shape index (κ2) is 29.3. The van der Waals surface area contributed by atoms with Crippen LogP contribution in [0.15, 0.2) is 24.3 Å². The van der Waals surface area contributed by atoms with Crippen LogP contribution in [0.3, 0.4) is 0 Å². The van der Waals surface area contributed by atoms with Gasteiger partial charge in [-0.3, -0.25) is 38.4 Å². The molecular formula is C51H82N8O17. The van der Waals surface area contributed by atoms with Crippen molar-refractivity contribution in [3.8, 4) is 5.75 Å². The molecule has 3 aliphatic rings. The van der Waals surface area contributed by atoms with Crippen LogP contribution in [-0.2, 0) is 38.4 Å². The van der Waals surface area contributed by atoms with Gasteiger partial charge in [-0.15, -0.1) is 0 Å². The summed E-state index contributed by atoms with van der Waals surface area (Å²) in [6, 6.07) is -8.62. The van der Waals surface area contributed by atoms with Crippen LogP contribution in [0.25, 0.3) is 0 Å². The van der Waals surface area contributed by atoms with Crippen molar-refractivity contribution in [1.82, 2.24) is 36.4 Å². The number of phenols is 1. The standard InChI is InChI=1S/C51H82N8O17/c1-6-25(2)19-26(3)13-11-9-7-8-10-12-14-37(66)53-32-21-35(64)47(72)57-49(74)41-42(67)27(4)23-59(41)51(76)39(34(63)22-36(52)65)55-48(73)40(44(69)43(68)29-15-17-30(61)18-16-29)56-46(71)33-20-31(62)24-58(33)50(75)38(28(5)60)54-45(32)70/h15-18,25-28,31-35,38-44,47,60-64,67-69,72H,6-14,19-24H2,1-5H3,(H2,52,65)(H,53,66)(H,54,70)(H,55,73)(H,56,71)(H,57,74)/t25?,26?,27-,28+,31+,32-,33?,34+,35+,38?,39?,40?,41?,42-,43+,44-,47+/m0/s1/i27D,42D,59+0. The van der Waals surface area contributed by atoms with Gasteiger partial charge in [0.15, 0.2) is 6.23 Å². The molecule has 16 N–H and O–H groups in total. The van der Waals surface area contributed by atoms with Gasteiger partial charge in [-0.05, 0) is 49.3 Å². The fourth-order valence-corrected chi connectivity index (χ4v) is 9.73. The summed E-state index contributed by atoms with van der Waals surface area (Å²) < 4.78 is 17.5. The van der Waals surface area contributed by atoms with Crippen LogP contribution in [0.2, 0.25) is 0 Å². The zero-order valence-corrected chi connectivity index (χ0v) is 43.8. The Morgan fingerprint density at radius 1 is 0.750 bits per heavy atom. The highest BCUT2D eigenvalue weighted by molar-refractivity contribution is 5.98. The van der Waals surface area contributed by atoms with Crippen LogP contribution >= 0.6 is 0 Å². The summed E-state index contributed by atoms with van der Waals surface area (Å²) in [5.74, 6) is -12.1. The Balaban J connectivity index is 1.75. The molecule has 0 aromatic heterocycles. The van der Waals surface area contributed by atoms with Gasteiger partial charge in [0.2, 0.25) is 47.3 Å². The number of carbonyl (C=O) groups is 8. The number of nitrogens with one attached hydrogen (secondary N) is 5. The maximum absolute atomic E-state index is 14.6. The van der Waals surface area contributed by atoms with Gasteiger partial charge < -0.3 is 88.1 Å². The van der Waals surface area contributed by atoms with Crippen LogP contribution in [0, 0.1) is 17.7 Å². The molecule has 3 saturated heterocycles. The lowest BCUT2D eigenvalue weighted by molar-refractivity contribution is -0.149. The average Bonchev–Trinajstić information content (AvgIpc) is 3.85. The van der Waals surface area contributed by atoms with Crippen molar-refractivity contribution in [1.29, 1.82) is 0 Å². The Bertz CT molecular complexity index is 2250. The number of carbonyl (C=O) groups excluding carboxylic acids is 8. The predicted octanol–water partition coefficient (Wildman–Crippen LogP) is -3.10. The summed E-state index contributed by atoms with van der Waals surface area (Å²) in [6.45, 7) is 7.00. The molecule has 1 aromatic rings. The van der Waals surface area contributed by atoms with Gasteiger partial charge in [-0.25, -0.2) is 0 Å². The minimum Gasteiger partial charge on any atom is -0.508 e. The zero-order chi connectivity index (χ0) is 58.6. The second-order valence-electron chi connectivity index (χ2n) is 20.8. The van der Waals surface area contributed by atoms with Gasteiger partial charge in [-0.1, -0.05) is 84.8 Å². The fraction of sp³-hybridized carbons (Fsp3) is 0.725. The van der Waals surface area contributed by atoms with E-state index in [1.165, 1.54) is 6.42 Å². The minimum absolute atomic E-state index is 0.125. The first-order valence-electron chi connectivity index (χ1n) is 27.1. The molecular weight excluding hydrogens is 997 g/mol. The Morgan fingerprint density at radius 3 is 1.96 bits per heavy atom. The molecule has 4 rings (SSSR count). The number of nitrogens with two attached hydrogens (primary N) is 1. The molecule has 1 aromatic carbocycles. The molecule has 0 saturated carbocycles. The van der Waals surface area contributed by atoms with Crippen LogP contribution in [0.1, 0.15) is 132 Å². The molecule has 428 valence electrons. The number of nitrogens with zero attached hydrogens (tertiary/aromatic N) is 2. The van der Waals surface area contributed by atoms with E-state index in [1.807, 2.05) is 10.6 Å². The quantitative estimate of drug-likeness (QED) is 0.0575. The van der Waals surface area contributed by atoms with Gasteiger partial charge in [0.25, 0.3) is 0 Å². The summed E-state index contributed by atoms with van der Waals surface area (Å²) >= 11 is 0. The number of aromatic hydroxyl groups is 1. The number of amides is 8. The first kappa shape index (κ1) is 59.7. The number of fused-ring (bicyclic) bond motifs is 2. The van der Waals surface area contributed by atoms with Crippen LogP contribution < -0.4 is 32.3 Å². The number of aliphatic hydroxyl groups is 8. The van der Waals surface area contributed by atoms with Gasteiger partial charge in [0, 0.05) is 39.6 Å². The van der Waals surface area contributed by atoms with E-state index in [0.29, 0.717) is 29.6 Å². The highest BCUT2D eigenvalue weighted by Crippen LogP contribution is 2.28. The lowest BCUT2D eigenvalue weighted by Crippen LogP contribution is -2.64. The summed E-state index contributed by atoms with van der Waals surface area (Å²) in [5, 5.41) is 111. The van der Waals surface area contributed by atoms with Crippen molar-refractivity contribution in [3.05, 3.63) is 29.8 Å². The van der Waals surface area contributed by atoms with Crippen molar-refractivity contribution in [2.24, 2.45) is 23.5 Å². The SMILES string of the molecule is [2H][C@]1(C)C[14N]2C(=O)C([C@H](O)CC(N)=O)NC(=O)C([C@H](O)[C@H](O)c3ccc(O)cc3)NC(=O)C3C[C@@H](O)CN3C(=O)C([C@@H](C)O)NC(=O)[C@@H](NC(=O)CCCCCCCCC(C)CC(C)CC)C[C@@H](O)[C@@H](O)NC(=O)C2[C@@]1([2H])O. The van der Waals surface area contributed by atoms with E-state index in [2.05, 4.69) is 36.7 Å². The molecule has 17 atom stereocenters. The number of benzene rings is 1. The fourth-order valence-electron chi connectivity index (χ4n) is 9.73. The van der Waals surface area contributed by atoms with E-state index >= 15 is 0 Å². The molecule has 25 heteroatoms. The van der Waals surface area contributed by atoms with Crippen molar-refractivity contribution in [2.45, 2.75) is 203 Å². The van der Waals surface area contributed by atoms with E-state index in [9.17, 15) is 84.3 Å². The van der Waals surface area contributed by atoms with E-state index in [4.69, 9.17) is 8.48 Å². The van der Waals surface area contributed by atoms with E-state index in [0.717, 1.165) is 81.5 Å². The molecule has 0 radical (unpaired) electrons. The van der Waals surface area contributed by atoms with Crippen LogP contribution in [-0.4, -0.2) is 195 Å². The summed E-state index contributed by atoms with van der Waals surface area (Å²) in [7, 11) is 0. The predicted molar refractivity (Wildman–Crippen MR) is 270 cm³/mol. The molecule has 0 aliphatic carbocycles. The Morgan fingerprint density at radius 2 is 1.34 bits per heavy atom. The minimum atomic E-state index is -3.31. The number of unbranched alkanes of at least 4 members (excludes halogenated alkanes) is 5. The van der Waals surface area contributed by atoms with Gasteiger partial charge >= 0.3 is 0 Å². The first-order chi connectivity index (χ1) is 36.4. The second-order valence-corrected chi connectivity index (χ2v) is 20.8. The Labute approximate surface area is 445 Å². The third-order valence-corrected chi connectivity index (χ3v) is 14.3. The number of phenolic OH excluding ortho intramolecular Hbond substituents is 1.